The largest absolute Gasteiger partial charge is 0.407 e. The summed E-state index contributed by atoms with van der Waals surface area (Å²) in [4.78, 5) is 24.0. The van der Waals surface area contributed by atoms with Crippen molar-refractivity contribution in [2.24, 2.45) is 0 Å². The first-order valence-electron chi connectivity index (χ1n) is 11.6. The number of nitrogens with zero attached hydrogens (tertiary/aromatic N) is 2. The van der Waals surface area contributed by atoms with Crippen molar-refractivity contribution in [3.63, 3.8) is 0 Å². The van der Waals surface area contributed by atoms with Gasteiger partial charge < -0.3 is 10.1 Å². The zero-order valence-corrected chi connectivity index (χ0v) is 20.7. The second-order valence-corrected chi connectivity index (χ2v) is 8.67. The standard InChI is InChI=1S/C29H29N3O3/c1-6-26(34)30-24-13-11-22(12-14-24)27-28(23-9-7-8-18(2)17-23)31-32(29(27)35-21(5)33)25-15-10-19(3)16-20(25)4/h7-17H,6H2,1-5H3,(H,30,34). The van der Waals surface area contributed by atoms with Gasteiger partial charge in [0.2, 0.25) is 11.8 Å². The summed E-state index contributed by atoms with van der Waals surface area (Å²) in [6, 6.07) is 21.6. The van der Waals surface area contributed by atoms with Gasteiger partial charge in [-0.15, -0.1) is 0 Å². The quantitative estimate of drug-likeness (QED) is 0.333. The highest BCUT2D eigenvalue weighted by molar-refractivity contribution is 5.92. The van der Waals surface area contributed by atoms with Crippen LogP contribution in [0, 0.1) is 20.8 Å². The first kappa shape index (κ1) is 24.0. The van der Waals surface area contributed by atoms with Crippen LogP contribution in [0.1, 0.15) is 37.0 Å². The lowest BCUT2D eigenvalue weighted by Gasteiger charge is -2.12. The van der Waals surface area contributed by atoms with Crippen LogP contribution >= 0.6 is 0 Å². The van der Waals surface area contributed by atoms with Gasteiger partial charge >= 0.3 is 5.97 Å². The van der Waals surface area contributed by atoms with Crippen molar-refractivity contribution in [2.75, 3.05) is 5.32 Å². The van der Waals surface area contributed by atoms with Gasteiger partial charge in [-0.3, -0.25) is 9.59 Å². The maximum Gasteiger partial charge on any atom is 0.309 e. The monoisotopic (exact) mass is 467 g/mol. The highest BCUT2D eigenvalue weighted by Gasteiger charge is 2.25. The summed E-state index contributed by atoms with van der Waals surface area (Å²) in [7, 11) is 0. The Balaban J connectivity index is 1.97. The van der Waals surface area contributed by atoms with Crippen LogP contribution in [0.25, 0.3) is 28.1 Å². The van der Waals surface area contributed by atoms with Crippen molar-refractivity contribution in [2.45, 2.75) is 41.0 Å². The smallest absolute Gasteiger partial charge is 0.309 e. The molecule has 178 valence electrons. The van der Waals surface area contributed by atoms with Crippen molar-refractivity contribution < 1.29 is 14.3 Å². The first-order chi connectivity index (χ1) is 16.8. The van der Waals surface area contributed by atoms with Crippen molar-refractivity contribution in [3.8, 4) is 34.0 Å². The molecule has 0 atom stereocenters. The molecule has 0 unspecified atom stereocenters. The number of aryl methyl sites for hydroxylation is 3. The van der Waals surface area contributed by atoms with Gasteiger partial charge in [0, 0.05) is 24.6 Å². The number of anilines is 1. The second-order valence-electron chi connectivity index (χ2n) is 8.67. The van der Waals surface area contributed by atoms with Crippen LogP contribution in [0.5, 0.6) is 5.88 Å². The molecule has 4 aromatic rings. The van der Waals surface area contributed by atoms with Crippen molar-refractivity contribution in [1.82, 2.24) is 9.78 Å². The van der Waals surface area contributed by atoms with Crippen LogP contribution < -0.4 is 10.1 Å². The molecule has 0 bridgehead atoms. The molecule has 1 amide bonds. The molecule has 6 nitrogen and oxygen atoms in total. The van der Waals surface area contributed by atoms with Gasteiger partial charge in [0.1, 0.15) is 5.69 Å². The number of nitrogens with one attached hydrogen (secondary N) is 1. The third kappa shape index (κ3) is 5.17. The summed E-state index contributed by atoms with van der Waals surface area (Å²) in [6.45, 7) is 9.28. The fourth-order valence-electron chi connectivity index (χ4n) is 4.06. The summed E-state index contributed by atoms with van der Waals surface area (Å²) in [5, 5.41) is 7.84. The maximum atomic E-state index is 12.2. The van der Waals surface area contributed by atoms with Gasteiger partial charge in [-0.2, -0.15) is 9.78 Å². The van der Waals surface area contributed by atoms with E-state index in [9.17, 15) is 9.59 Å². The van der Waals surface area contributed by atoms with Crippen LogP contribution in [0.3, 0.4) is 0 Å². The molecule has 6 heteroatoms. The van der Waals surface area contributed by atoms with Gasteiger partial charge in [0.25, 0.3) is 0 Å². The number of carbonyl (C=O) groups is 2. The third-order valence-corrected chi connectivity index (χ3v) is 5.73. The molecule has 0 spiro atoms. The van der Waals surface area contributed by atoms with E-state index >= 15 is 0 Å². The van der Waals surface area contributed by atoms with Gasteiger partial charge in [0.15, 0.2) is 0 Å². The van der Waals surface area contributed by atoms with Crippen LogP contribution in [-0.4, -0.2) is 21.7 Å². The second kappa shape index (κ2) is 9.97. The minimum absolute atomic E-state index is 0.0542. The highest BCUT2D eigenvalue weighted by atomic mass is 16.5. The Morgan fingerprint density at radius 1 is 0.914 bits per heavy atom. The number of esters is 1. The van der Waals surface area contributed by atoms with E-state index in [-0.39, 0.29) is 5.91 Å². The zero-order chi connectivity index (χ0) is 25.1. The van der Waals surface area contributed by atoms with E-state index in [4.69, 9.17) is 9.84 Å². The molecule has 0 radical (unpaired) electrons. The lowest BCUT2D eigenvalue weighted by atomic mass is 10.00. The molecule has 1 N–H and O–H groups in total. The minimum Gasteiger partial charge on any atom is -0.407 e. The molecule has 1 heterocycles. The van der Waals surface area contributed by atoms with Crippen molar-refractivity contribution in [1.29, 1.82) is 0 Å². The molecule has 0 aliphatic rings. The average molecular weight is 468 g/mol. The summed E-state index contributed by atoms with van der Waals surface area (Å²) >= 11 is 0. The van der Waals surface area contributed by atoms with E-state index in [0.29, 0.717) is 29.2 Å². The zero-order valence-electron chi connectivity index (χ0n) is 20.7. The van der Waals surface area contributed by atoms with Crippen LogP contribution in [0.15, 0.2) is 66.7 Å². The number of hydrogen-bond acceptors (Lipinski definition) is 4. The van der Waals surface area contributed by atoms with E-state index in [0.717, 1.165) is 33.5 Å². The molecule has 0 saturated heterocycles. The van der Waals surface area contributed by atoms with E-state index in [2.05, 4.69) is 17.4 Å². The normalized spacial score (nSPS) is 10.8. The fraction of sp³-hybridized carbons (Fsp3) is 0.207. The minimum atomic E-state index is -0.431. The van der Waals surface area contributed by atoms with Crippen molar-refractivity contribution >= 4 is 17.6 Å². The van der Waals surface area contributed by atoms with Crippen molar-refractivity contribution in [3.05, 3.63) is 83.4 Å². The number of rotatable bonds is 6. The number of hydrogen-bond donors (Lipinski definition) is 1. The SMILES string of the molecule is CCC(=O)Nc1ccc(-c2c(-c3cccc(C)c3)nn(-c3ccc(C)cc3C)c2OC(C)=O)cc1. The van der Waals surface area contributed by atoms with E-state index in [1.165, 1.54) is 6.92 Å². The molecule has 1 aromatic heterocycles. The molecular formula is C29H29N3O3. The third-order valence-electron chi connectivity index (χ3n) is 5.73. The van der Waals surface area contributed by atoms with E-state index < -0.39 is 5.97 Å². The topological polar surface area (TPSA) is 73.2 Å². The Morgan fingerprint density at radius 2 is 1.63 bits per heavy atom. The molecule has 0 aliphatic heterocycles. The van der Waals surface area contributed by atoms with Crippen LogP contribution in [0.2, 0.25) is 0 Å². The molecule has 35 heavy (non-hydrogen) atoms. The summed E-state index contributed by atoms with van der Waals surface area (Å²) in [5.74, 6) is -0.132. The lowest BCUT2D eigenvalue weighted by Crippen LogP contribution is -2.09. The summed E-state index contributed by atoms with van der Waals surface area (Å²) in [6.07, 6.45) is 0.401. The number of benzene rings is 3. The van der Waals surface area contributed by atoms with Crippen LogP contribution in [-0.2, 0) is 9.59 Å². The molecule has 4 rings (SSSR count). The molecule has 3 aromatic carbocycles. The lowest BCUT2D eigenvalue weighted by molar-refractivity contribution is -0.132. The molecular weight excluding hydrogens is 438 g/mol. The van der Waals surface area contributed by atoms with E-state index in [1.807, 2.05) is 82.3 Å². The van der Waals surface area contributed by atoms with Gasteiger partial charge in [0.05, 0.1) is 11.3 Å². The van der Waals surface area contributed by atoms with Crippen LogP contribution in [0.4, 0.5) is 5.69 Å². The molecule has 0 fully saturated rings. The summed E-state index contributed by atoms with van der Waals surface area (Å²) < 4.78 is 7.51. The molecule has 0 saturated carbocycles. The number of amides is 1. The average Bonchev–Trinajstić information content (AvgIpc) is 3.17. The maximum absolute atomic E-state index is 12.2. The highest BCUT2D eigenvalue weighted by Crippen LogP contribution is 2.41. The van der Waals surface area contributed by atoms with Gasteiger partial charge in [-0.25, -0.2) is 0 Å². The Morgan fingerprint density at radius 3 is 2.26 bits per heavy atom. The number of aromatic nitrogens is 2. The Labute approximate surface area is 205 Å². The molecule has 0 aliphatic carbocycles. The number of carbonyl (C=O) groups excluding carboxylic acids is 2. The Kier molecular flexibility index (Phi) is 6.82. The van der Waals surface area contributed by atoms with E-state index in [1.54, 1.807) is 4.68 Å². The number of ether oxygens (including phenoxy) is 1. The predicted octanol–water partition coefficient (Wildman–Crippen LogP) is 6.41. The van der Waals surface area contributed by atoms with Gasteiger partial charge in [-0.05, 0) is 56.2 Å². The fourth-order valence-corrected chi connectivity index (χ4v) is 4.06. The predicted molar refractivity (Wildman–Crippen MR) is 139 cm³/mol. The Hall–Kier alpha value is -4.19. The summed E-state index contributed by atoms with van der Waals surface area (Å²) in [5.41, 5.74) is 7.93. The first-order valence-corrected chi connectivity index (χ1v) is 11.6. The Bertz CT molecular complexity index is 1400. The van der Waals surface area contributed by atoms with Gasteiger partial charge in [-0.1, -0.05) is 60.5 Å².